The van der Waals surface area contributed by atoms with E-state index < -0.39 is 0 Å². The number of nitrogens with zero attached hydrogens (tertiary/aromatic N) is 5. The van der Waals surface area contributed by atoms with Gasteiger partial charge in [0.1, 0.15) is 0 Å². The van der Waals surface area contributed by atoms with Crippen molar-refractivity contribution in [2.75, 3.05) is 6.54 Å². The molecule has 0 bridgehead atoms. The van der Waals surface area contributed by atoms with Gasteiger partial charge in [0.25, 0.3) is 0 Å². The molecule has 0 amide bonds. The van der Waals surface area contributed by atoms with Crippen LogP contribution in [-0.4, -0.2) is 30.9 Å². The molecular weight excluding hydrogens is 264 g/mol. The summed E-state index contributed by atoms with van der Waals surface area (Å²) in [6.45, 7) is 3.08. The Morgan fingerprint density at radius 1 is 1.29 bits per heavy atom. The van der Waals surface area contributed by atoms with Crippen LogP contribution in [0.4, 0.5) is 0 Å². The molecule has 0 saturated carbocycles. The highest BCUT2D eigenvalue weighted by atomic mass is 15.3. The smallest absolute Gasteiger partial charge is 0.156 e. The molecule has 21 heavy (non-hydrogen) atoms. The van der Waals surface area contributed by atoms with Gasteiger partial charge in [0.05, 0.1) is 23.1 Å². The summed E-state index contributed by atoms with van der Waals surface area (Å²) in [5.74, 6) is 0. The average molecular weight is 282 g/mol. The van der Waals surface area contributed by atoms with Gasteiger partial charge in [-0.25, -0.2) is 9.50 Å². The van der Waals surface area contributed by atoms with Crippen LogP contribution in [0, 0.1) is 6.92 Å². The molecule has 108 valence electrons. The van der Waals surface area contributed by atoms with E-state index in [4.69, 9.17) is 5.10 Å². The minimum Gasteiger partial charge on any atom is -0.309 e. The van der Waals surface area contributed by atoms with Crippen LogP contribution >= 0.6 is 0 Å². The molecule has 3 aromatic heterocycles. The summed E-state index contributed by atoms with van der Waals surface area (Å²) in [7, 11) is 1.94. The molecule has 0 aliphatic carbocycles. The van der Waals surface area contributed by atoms with E-state index in [0.717, 1.165) is 41.4 Å². The first-order valence-corrected chi connectivity index (χ1v) is 7.31. The van der Waals surface area contributed by atoms with Crippen LogP contribution in [0.1, 0.15) is 30.3 Å². The highest BCUT2D eigenvalue weighted by Gasteiger charge is 2.21. The lowest BCUT2D eigenvalue weighted by atomic mass is 10.2. The van der Waals surface area contributed by atoms with Crippen molar-refractivity contribution in [3.05, 3.63) is 35.8 Å². The third-order valence-corrected chi connectivity index (χ3v) is 4.07. The summed E-state index contributed by atoms with van der Waals surface area (Å²) in [5.41, 5.74) is 5.04. The molecule has 1 aliphatic rings. The maximum Gasteiger partial charge on any atom is 0.156 e. The summed E-state index contributed by atoms with van der Waals surface area (Å²) < 4.78 is 3.79. The van der Waals surface area contributed by atoms with Crippen LogP contribution in [0.15, 0.2) is 24.4 Å². The Kier molecular flexibility index (Phi) is 2.78. The standard InChI is InChI=1S/C15H18N6/c1-10-8-14(13-5-7-17-20(13)2)21-15(18-10)9-12(19-21)11-4-3-6-16-11/h5,7-9,11,16H,3-4,6H2,1-2H3. The fraction of sp³-hybridized carbons (Fsp3) is 0.400. The summed E-state index contributed by atoms with van der Waals surface area (Å²) in [6.07, 6.45) is 4.16. The van der Waals surface area contributed by atoms with E-state index in [0.29, 0.717) is 6.04 Å². The van der Waals surface area contributed by atoms with E-state index >= 15 is 0 Å². The SMILES string of the molecule is Cc1cc(-c2ccnn2C)n2nc(C3CCCN3)cc2n1. The van der Waals surface area contributed by atoms with Crippen LogP contribution in [0.25, 0.3) is 17.0 Å². The van der Waals surface area contributed by atoms with Crippen molar-refractivity contribution in [2.24, 2.45) is 7.05 Å². The topological polar surface area (TPSA) is 60.0 Å². The summed E-state index contributed by atoms with van der Waals surface area (Å²) in [6, 6.07) is 6.51. The average Bonchev–Trinajstić information content (AvgIpc) is 3.16. The first-order chi connectivity index (χ1) is 10.2. The third-order valence-electron chi connectivity index (χ3n) is 4.07. The highest BCUT2D eigenvalue weighted by Crippen LogP contribution is 2.25. The molecule has 4 heterocycles. The molecule has 1 saturated heterocycles. The summed E-state index contributed by atoms with van der Waals surface area (Å²) >= 11 is 0. The lowest BCUT2D eigenvalue weighted by Crippen LogP contribution is -2.13. The molecule has 1 N–H and O–H groups in total. The fourth-order valence-corrected chi connectivity index (χ4v) is 3.03. The van der Waals surface area contributed by atoms with Gasteiger partial charge in [0.15, 0.2) is 5.65 Å². The first kappa shape index (κ1) is 12.5. The van der Waals surface area contributed by atoms with Gasteiger partial charge in [-0.15, -0.1) is 0 Å². The number of aromatic nitrogens is 5. The van der Waals surface area contributed by atoms with E-state index in [1.807, 2.05) is 29.2 Å². The molecule has 0 spiro atoms. The molecule has 6 heteroatoms. The maximum absolute atomic E-state index is 4.78. The normalized spacial score (nSPS) is 18.7. The Bertz CT molecular complexity index is 794. The Morgan fingerprint density at radius 2 is 2.19 bits per heavy atom. The summed E-state index contributed by atoms with van der Waals surface area (Å²) in [5, 5.41) is 12.5. The van der Waals surface area contributed by atoms with Gasteiger partial charge < -0.3 is 5.32 Å². The number of rotatable bonds is 2. The van der Waals surface area contributed by atoms with Gasteiger partial charge in [0, 0.05) is 25.0 Å². The van der Waals surface area contributed by atoms with Crippen LogP contribution in [-0.2, 0) is 7.05 Å². The second-order valence-corrected chi connectivity index (χ2v) is 5.61. The van der Waals surface area contributed by atoms with E-state index in [1.165, 1.54) is 6.42 Å². The van der Waals surface area contributed by atoms with Crippen molar-refractivity contribution in [1.82, 2.24) is 29.7 Å². The zero-order valence-corrected chi connectivity index (χ0v) is 12.2. The quantitative estimate of drug-likeness (QED) is 0.779. The molecule has 1 fully saturated rings. The second kappa shape index (κ2) is 4.66. The molecule has 1 aliphatic heterocycles. The molecule has 3 aromatic rings. The molecule has 1 atom stereocenters. The minimum atomic E-state index is 0.353. The maximum atomic E-state index is 4.78. The molecule has 0 aromatic carbocycles. The van der Waals surface area contributed by atoms with Crippen LogP contribution in [0.5, 0.6) is 0 Å². The second-order valence-electron chi connectivity index (χ2n) is 5.61. The Morgan fingerprint density at radius 3 is 2.90 bits per heavy atom. The van der Waals surface area contributed by atoms with Crippen LogP contribution < -0.4 is 5.32 Å². The summed E-state index contributed by atoms with van der Waals surface area (Å²) in [4.78, 5) is 4.61. The van der Waals surface area contributed by atoms with Crippen molar-refractivity contribution in [2.45, 2.75) is 25.8 Å². The van der Waals surface area contributed by atoms with E-state index in [9.17, 15) is 0 Å². The van der Waals surface area contributed by atoms with Crippen LogP contribution in [0.3, 0.4) is 0 Å². The molecule has 0 radical (unpaired) electrons. The number of fused-ring (bicyclic) bond motifs is 1. The largest absolute Gasteiger partial charge is 0.309 e. The predicted octanol–water partition coefficient (Wildman–Crippen LogP) is 1.86. The van der Waals surface area contributed by atoms with Gasteiger partial charge in [-0.3, -0.25) is 4.68 Å². The number of hydrogen-bond acceptors (Lipinski definition) is 4. The van der Waals surface area contributed by atoms with Crippen molar-refractivity contribution in [3.8, 4) is 11.4 Å². The van der Waals surface area contributed by atoms with Gasteiger partial charge in [-0.2, -0.15) is 10.2 Å². The van der Waals surface area contributed by atoms with Crippen molar-refractivity contribution < 1.29 is 0 Å². The Balaban J connectivity index is 1.91. The van der Waals surface area contributed by atoms with Crippen molar-refractivity contribution in [1.29, 1.82) is 0 Å². The van der Waals surface area contributed by atoms with Crippen LogP contribution in [0.2, 0.25) is 0 Å². The monoisotopic (exact) mass is 282 g/mol. The van der Waals surface area contributed by atoms with Crippen molar-refractivity contribution in [3.63, 3.8) is 0 Å². The van der Waals surface area contributed by atoms with E-state index in [-0.39, 0.29) is 0 Å². The molecule has 6 nitrogen and oxygen atoms in total. The lowest BCUT2D eigenvalue weighted by Gasteiger charge is -2.07. The zero-order valence-electron chi connectivity index (χ0n) is 12.2. The lowest BCUT2D eigenvalue weighted by molar-refractivity contribution is 0.620. The van der Waals surface area contributed by atoms with Gasteiger partial charge in [0.2, 0.25) is 0 Å². The third kappa shape index (κ3) is 2.03. The number of hydrogen-bond donors (Lipinski definition) is 1. The van der Waals surface area contributed by atoms with Gasteiger partial charge >= 0.3 is 0 Å². The molecule has 1 unspecified atom stereocenters. The fourth-order valence-electron chi connectivity index (χ4n) is 3.03. The highest BCUT2D eigenvalue weighted by molar-refractivity contribution is 5.60. The molecule has 4 rings (SSSR count). The zero-order chi connectivity index (χ0) is 14.4. The Hall–Kier alpha value is -2.21. The van der Waals surface area contributed by atoms with E-state index in [2.05, 4.69) is 27.5 Å². The predicted molar refractivity (Wildman–Crippen MR) is 79.9 cm³/mol. The number of aryl methyl sites for hydroxylation is 2. The van der Waals surface area contributed by atoms with Gasteiger partial charge in [-0.1, -0.05) is 0 Å². The van der Waals surface area contributed by atoms with Crippen molar-refractivity contribution >= 4 is 5.65 Å². The Labute approximate surface area is 122 Å². The van der Waals surface area contributed by atoms with E-state index in [1.54, 1.807) is 6.20 Å². The van der Waals surface area contributed by atoms with Gasteiger partial charge in [-0.05, 0) is 38.4 Å². The minimum absolute atomic E-state index is 0.353. The number of nitrogens with one attached hydrogen (secondary N) is 1. The molecular formula is C15H18N6. The first-order valence-electron chi connectivity index (χ1n) is 7.31.